The van der Waals surface area contributed by atoms with Crippen LogP contribution in [0.3, 0.4) is 0 Å². The summed E-state index contributed by atoms with van der Waals surface area (Å²) in [5.74, 6) is 1.83. The lowest BCUT2D eigenvalue weighted by atomic mass is 9.91. The molecule has 0 aliphatic carbocycles. The summed E-state index contributed by atoms with van der Waals surface area (Å²) < 4.78 is 0. The van der Waals surface area contributed by atoms with Gasteiger partial charge < -0.3 is 0 Å². The Bertz CT molecular complexity index is 2590. The molecule has 0 amide bonds. The largest absolute Gasteiger partial charge is 0.255 e. The van der Waals surface area contributed by atoms with Gasteiger partial charge in [-0.05, 0) is 81.2 Å². The highest BCUT2D eigenvalue weighted by Crippen LogP contribution is 2.39. The van der Waals surface area contributed by atoms with E-state index in [1.54, 1.807) is 6.20 Å². The van der Waals surface area contributed by atoms with Crippen LogP contribution in [0.5, 0.6) is 0 Å². The van der Waals surface area contributed by atoms with Crippen LogP contribution in [-0.4, -0.2) is 24.9 Å². The van der Waals surface area contributed by atoms with Crippen molar-refractivity contribution in [3.8, 4) is 67.9 Å². The number of hydrogen-bond donors (Lipinski definition) is 0. The Balaban J connectivity index is 0.00000374. The minimum Gasteiger partial charge on any atom is -0.255 e. The Labute approximate surface area is 291 Å². The maximum absolute atomic E-state index is 5.11. The van der Waals surface area contributed by atoms with Crippen molar-refractivity contribution in [2.24, 2.45) is 0 Å². The number of benzene rings is 6. The molecule has 9 aromatic rings. The smallest absolute Gasteiger partial charge is 0.164 e. The fourth-order valence-electron chi connectivity index (χ4n) is 6.54. The van der Waals surface area contributed by atoms with Gasteiger partial charge in [-0.2, -0.15) is 0 Å². The molecule has 236 valence electrons. The van der Waals surface area contributed by atoms with Crippen molar-refractivity contribution in [2.75, 3.05) is 0 Å². The first kappa shape index (κ1) is 29.3. The first-order chi connectivity index (χ1) is 24.8. The highest BCUT2D eigenvalue weighted by molar-refractivity contribution is 6.14. The van der Waals surface area contributed by atoms with Gasteiger partial charge in [0.2, 0.25) is 0 Å². The van der Waals surface area contributed by atoms with Gasteiger partial charge in [-0.3, -0.25) is 4.98 Å². The van der Waals surface area contributed by atoms with Crippen molar-refractivity contribution in [2.45, 2.75) is 0 Å². The third-order valence-electron chi connectivity index (χ3n) is 8.94. The second kappa shape index (κ2) is 12.6. The minimum atomic E-state index is 0. The van der Waals surface area contributed by atoms with Gasteiger partial charge in [-0.15, -0.1) is 0 Å². The van der Waals surface area contributed by atoms with Gasteiger partial charge in [-0.1, -0.05) is 121 Å². The lowest BCUT2D eigenvalue weighted by Gasteiger charge is -2.15. The van der Waals surface area contributed by atoms with E-state index < -0.39 is 0 Å². The molecule has 3 aromatic heterocycles. The zero-order valence-corrected chi connectivity index (χ0v) is 27.0. The zero-order chi connectivity index (χ0) is 33.3. The van der Waals surface area contributed by atoms with Gasteiger partial charge in [-0.25, -0.2) is 19.9 Å². The topological polar surface area (TPSA) is 64.5 Å². The summed E-state index contributed by atoms with van der Waals surface area (Å²) in [4.78, 5) is 24.8. The van der Waals surface area contributed by atoms with Crippen LogP contribution in [0.2, 0.25) is 0 Å². The molecule has 0 saturated carbocycles. The predicted octanol–water partition coefficient (Wildman–Crippen LogP) is 11.2. The van der Waals surface area contributed by atoms with E-state index in [0.29, 0.717) is 17.5 Å². The fourth-order valence-corrected chi connectivity index (χ4v) is 6.54. The van der Waals surface area contributed by atoms with E-state index >= 15 is 0 Å². The Hall–Kier alpha value is -6.85. The standard InChI is InChI=1S/C45H29N5.H2/c1-3-14-30(15-4-1)43-48-44(31-16-5-2-6-17-31)50-45(49-43)35-27-33(39-29-32-18-7-8-19-36(32)37-20-9-10-21-38(37)39)26-34(28-35)40-23-13-24-42(47-40)41-22-11-12-25-46-41;/h1-29H;1H/i;1+1. The van der Waals surface area contributed by atoms with E-state index in [9.17, 15) is 0 Å². The number of nitrogens with zero attached hydrogens (tertiary/aromatic N) is 5. The quantitative estimate of drug-likeness (QED) is 0.169. The average Bonchev–Trinajstić information content (AvgIpc) is 3.21. The molecule has 9 rings (SSSR count). The summed E-state index contributed by atoms with van der Waals surface area (Å²) in [5, 5.41) is 4.79. The molecule has 0 spiro atoms. The Morgan fingerprint density at radius 3 is 1.56 bits per heavy atom. The Morgan fingerprint density at radius 1 is 0.320 bits per heavy atom. The number of pyridine rings is 2. The van der Waals surface area contributed by atoms with Crippen LogP contribution < -0.4 is 0 Å². The molecule has 5 nitrogen and oxygen atoms in total. The SMILES string of the molecule is [2HH].c1ccc(-c2nc(-c3ccccc3)nc(-c3cc(-c4cccc(-c5ccccn5)n4)cc(-c4cc5ccccc5c5ccccc45)c3)n2)cc1. The molecule has 0 fully saturated rings. The molecule has 0 saturated heterocycles. The van der Waals surface area contributed by atoms with Crippen LogP contribution in [0, 0.1) is 0 Å². The van der Waals surface area contributed by atoms with Crippen molar-refractivity contribution < 1.29 is 1.43 Å². The van der Waals surface area contributed by atoms with Crippen molar-refractivity contribution in [1.29, 1.82) is 0 Å². The van der Waals surface area contributed by atoms with Gasteiger partial charge in [0.15, 0.2) is 17.5 Å². The van der Waals surface area contributed by atoms with Gasteiger partial charge in [0.05, 0.1) is 17.1 Å². The van der Waals surface area contributed by atoms with E-state index in [1.165, 1.54) is 21.5 Å². The third kappa shape index (κ3) is 5.57. The summed E-state index contributed by atoms with van der Waals surface area (Å²) in [6.45, 7) is 0. The molecule has 0 aliphatic rings. The van der Waals surface area contributed by atoms with Crippen LogP contribution in [0.1, 0.15) is 1.43 Å². The predicted molar refractivity (Wildman–Crippen MR) is 205 cm³/mol. The van der Waals surface area contributed by atoms with Crippen LogP contribution in [0.15, 0.2) is 176 Å². The molecule has 0 unspecified atom stereocenters. The van der Waals surface area contributed by atoms with Gasteiger partial charge in [0.25, 0.3) is 0 Å². The molecule has 3 heterocycles. The highest BCUT2D eigenvalue weighted by Gasteiger charge is 2.17. The van der Waals surface area contributed by atoms with Crippen molar-refractivity contribution in [3.05, 3.63) is 176 Å². The summed E-state index contributed by atoms with van der Waals surface area (Å²) in [6.07, 6.45) is 1.79. The van der Waals surface area contributed by atoms with Crippen molar-refractivity contribution in [1.82, 2.24) is 24.9 Å². The molecular weight excluding hydrogens is 611 g/mol. The first-order valence-corrected chi connectivity index (χ1v) is 16.6. The van der Waals surface area contributed by atoms with Gasteiger partial charge >= 0.3 is 0 Å². The molecule has 5 heteroatoms. The van der Waals surface area contributed by atoms with Crippen LogP contribution in [-0.2, 0) is 0 Å². The normalized spacial score (nSPS) is 11.2. The van der Waals surface area contributed by atoms with E-state index in [-0.39, 0.29) is 1.43 Å². The summed E-state index contributed by atoms with van der Waals surface area (Å²) in [5.41, 5.74) is 8.32. The van der Waals surface area contributed by atoms with Crippen molar-refractivity contribution >= 4 is 21.5 Å². The first-order valence-electron chi connectivity index (χ1n) is 16.6. The fraction of sp³-hybridized carbons (Fsp3) is 0. The van der Waals surface area contributed by atoms with E-state index in [2.05, 4.69) is 77.8 Å². The van der Waals surface area contributed by atoms with Crippen LogP contribution >= 0.6 is 0 Å². The molecule has 0 radical (unpaired) electrons. The molecule has 50 heavy (non-hydrogen) atoms. The number of fused-ring (bicyclic) bond motifs is 3. The Morgan fingerprint density at radius 2 is 0.860 bits per heavy atom. The molecule has 0 bridgehead atoms. The van der Waals surface area contributed by atoms with E-state index in [4.69, 9.17) is 19.9 Å². The van der Waals surface area contributed by atoms with Gasteiger partial charge in [0, 0.05) is 29.9 Å². The lowest BCUT2D eigenvalue weighted by molar-refractivity contribution is 1.07. The molecule has 6 aromatic carbocycles. The molecule has 0 N–H and O–H groups in total. The molecule has 0 aliphatic heterocycles. The monoisotopic (exact) mass is 642 g/mol. The van der Waals surface area contributed by atoms with E-state index in [1.807, 2.05) is 97.1 Å². The van der Waals surface area contributed by atoms with Crippen LogP contribution in [0.4, 0.5) is 0 Å². The second-order valence-corrected chi connectivity index (χ2v) is 12.2. The van der Waals surface area contributed by atoms with Crippen LogP contribution in [0.25, 0.3) is 89.5 Å². The summed E-state index contributed by atoms with van der Waals surface area (Å²) in [6, 6.07) is 58.1. The molecular formula is C45H31N5. The average molecular weight is 643 g/mol. The summed E-state index contributed by atoms with van der Waals surface area (Å²) in [7, 11) is 0. The highest BCUT2D eigenvalue weighted by atomic mass is 15.0. The maximum Gasteiger partial charge on any atom is 0.164 e. The number of hydrogen-bond acceptors (Lipinski definition) is 5. The maximum atomic E-state index is 5.11. The third-order valence-corrected chi connectivity index (χ3v) is 8.94. The Kier molecular flexibility index (Phi) is 7.41. The summed E-state index contributed by atoms with van der Waals surface area (Å²) >= 11 is 0. The zero-order valence-electron chi connectivity index (χ0n) is 27.0. The van der Waals surface area contributed by atoms with Crippen molar-refractivity contribution in [3.63, 3.8) is 0 Å². The molecule has 0 atom stereocenters. The number of aromatic nitrogens is 5. The second-order valence-electron chi connectivity index (χ2n) is 12.2. The minimum absolute atomic E-state index is 0. The van der Waals surface area contributed by atoms with Gasteiger partial charge in [0.1, 0.15) is 0 Å². The van der Waals surface area contributed by atoms with E-state index in [0.717, 1.165) is 50.5 Å². The lowest BCUT2D eigenvalue weighted by Crippen LogP contribution is -2.00. The number of rotatable bonds is 6.